The Bertz CT molecular complexity index is 949. The van der Waals surface area contributed by atoms with E-state index in [1.807, 2.05) is 60.7 Å². The highest BCUT2D eigenvalue weighted by Gasteiger charge is 2.22. The lowest BCUT2D eigenvalue weighted by molar-refractivity contribution is -0.121. The van der Waals surface area contributed by atoms with Crippen LogP contribution in [0.3, 0.4) is 0 Å². The van der Waals surface area contributed by atoms with E-state index in [4.69, 9.17) is 4.74 Å². The monoisotopic (exact) mass is 464 g/mol. The molecule has 0 saturated heterocycles. The van der Waals surface area contributed by atoms with Gasteiger partial charge >= 0.3 is 6.09 Å². The quantitative estimate of drug-likeness (QED) is 0.459. The molecule has 182 valence electrons. The third-order valence-corrected chi connectivity index (χ3v) is 5.16. The summed E-state index contributed by atoms with van der Waals surface area (Å²) in [5.74, 6) is -0.461. The summed E-state index contributed by atoms with van der Waals surface area (Å²) in [4.78, 5) is 37.2. The van der Waals surface area contributed by atoms with Crippen LogP contribution in [0.1, 0.15) is 51.7 Å². The summed E-state index contributed by atoms with van der Waals surface area (Å²) in [5, 5.41) is 5.47. The molecular formula is C28H36N2O4. The van der Waals surface area contributed by atoms with Crippen molar-refractivity contribution in [2.24, 2.45) is 5.92 Å². The van der Waals surface area contributed by atoms with Gasteiger partial charge in [0.25, 0.3) is 0 Å². The van der Waals surface area contributed by atoms with Gasteiger partial charge in [-0.05, 0) is 63.7 Å². The van der Waals surface area contributed by atoms with Crippen molar-refractivity contribution in [2.45, 2.75) is 65.1 Å². The molecule has 0 aliphatic heterocycles. The number of ketones is 1. The standard InChI is InChI=1S/C28H36N2O4/c1-21(30-27(33)34-28(2,3)4)25(31)19-23(16-15-22-11-7-5-8-12-22)17-18-26(32)29-20-24-13-9-6-10-14-24/h5-14,17-18,21,23H,15-16,19-20H2,1-4H3,(H,29,32)(H,30,33)/b18-17+/t21-,23-/m0/s1. The molecule has 2 aromatic rings. The predicted molar refractivity (Wildman–Crippen MR) is 134 cm³/mol. The molecule has 6 heteroatoms. The molecule has 2 rings (SSSR count). The van der Waals surface area contributed by atoms with Crippen LogP contribution < -0.4 is 10.6 Å². The van der Waals surface area contributed by atoms with Gasteiger partial charge in [-0.2, -0.15) is 0 Å². The number of alkyl carbamates (subject to hydrolysis) is 1. The highest BCUT2D eigenvalue weighted by atomic mass is 16.6. The van der Waals surface area contributed by atoms with Crippen LogP contribution in [0.5, 0.6) is 0 Å². The number of aryl methyl sites for hydroxylation is 1. The molecule has 0 fully saturated rings. The van der Waals surface area contributed by atoms with Gasteiger partial charge in [-0.3, -0.25) is 9.59 Å². The van der Waals surface area contributed by atoms with Crippen LogP contribution in [0.25, 0.3) is 0 Å². The Balaban J connectivity index is 1.97. The van der Waals surface area contributed by atoms with Gasteiger partial charge in [0.1, 0.15) is 5.60 Å². The molecule has 0 bridgehead atoms. The van der Waals surface area contributed by atoms with E-state index in [0.29, 0.717) is 13.0 Å². The Kier molecular flexibility index (Phi) is 10.5. The molecule has 0 heterocycles. The van der Waals surface area contributed by atoms with Gasteiger partial charge in [0.05, 0.1) is 6.04 Å². The van der Waals surface area contributed by atoms with Crippen LogP contribution in [0, 0.1) is 5.92 Å². The summed E-state index contributed by atoms with van der Waals surface area (Å²) in [6, 6.07) is 19.0. The van der Waals surface area contributed by atoms with E-state index in [1.54, 1.807) is 33.8 Å². The van der Waals surface area contributed by atoms with E-state index in [-0.39, 0.29) is 24.0 Å². The lowest BCUT2D eigenvalue weighted by Gasteiger charge is -2.22. The van der Waals surface area contributed by atoms with Crippen molar-refractivity contribution in [2.75, 3.05) is 0 Å². The maximum atomic E-state index is 12.8. The van der Waals surface area contributed by atoms with E-state index in [9.17, 15) is 14.4 Å². The normalized spacial score (nSPS) is 13.2. The first kappa shape index (κ1) is 26.8. The van der Waals surface area contributed by atoms with Gasteiger partial charge in [-0.1, -0.05) is 66.7 Å². The SMILES string of the molecule is C[C@H](NC(=O)OC(C)(C)C)C(=O)C[C@H](/C=C/C(=O)NCc1ccccc1)CCc1ccccc1. The fourth-order valence-electron chi connectivity index (χ4n) is 3.33. The minimum atomic E-state index is -0.686. The van der Waals surface area contributed by atoms with Crippen LogP contribution in [0.2, 0.25) is 0 Å². The summed E-state index contributed by atoms with van der Waals surface area (Å²) in [5.41, 5.74) is 1.55. The number of ether oxygens (including phenoxy) is 1. The first-order valence-corrected chi connectivity index (χ1v) is 11.7. The number of carbonyl (C=O) groups is 3. The number of hydrogen-bond donors (Lipinski definition) is 2. The number of rotatable bonds is 11. The zero-order valence-electron chi connectivity index (χ0n) is 20.5. The molecule has 0 unspecified atom stereocenters. The molecule has 2 aromatic carbocycles. The Morgan fingerprint density at radius 1 is 0.941 bits per heavy atom. The van der Waals surface area contributed by atoms with Gasteiger partial charge in [0.15, 0.2) is 5.78 Å². The molecule has 2 amide bonds. The second-order valence-electron chi connectivity index (χ2n) is 9.39. The van der Waals surface area contributed by atoms with Gasteiger partial charge in [0.2, 0.25) is 5.91 Å². The van der Waals surface area contributed by atoms with Gasteiger partial charge in [-0.25, -0.2) is 4.79 Å². The molecule has 2 N–H and O–H groups in total. The lowest BCUT2D eigenvalue weighted by Crippen LogP contribution is -2.42. The van der Waals surface area contributed by atoms with Crippen LogP contribution in [-0.2, 0) is 27.3 Å². The van der Waals surface area contributed by atoms with Gasteiger partial charge in [-0.15, -0.1) is 0 Å². The van der Waals surface area contributed by atoms with E-state index < -0.39 is 17.7 Å². The molecular weight excluding hydrogens is 428 g/mol. The number of allylic oxidation sites excluding steroid dienone is 1. The number of benzene rings is 2. The zero-order chi connectivity index (χ0) is 25.0. The van der Waals surface area contributed by atoms with E-state index in [2.05, 4.69) is 10.6 Å². The number of amides is 2. The Morgan fingerprint density at radius 3 is 2.12 bits per heavy atom. The molecule has 0 radical (unpaired) electrons. The second-order valence-corrected chi connectivity index (χ2v) is 9.39. The molecule has 0 saturated carbocycles. The molecule has 0 aromatic heterocycles. The minimum absolute atomic E-state index is 0.113. The van der Waals surface area contributed by atoms with E-state index >= 15 is 0 Å². The zero-order valence-corrected chi connectivity index (χ0v) is 20.5. The maximum absolute atomic E-state index is 12.8. The first-order chi connectivity index (χ1) is 16.1. The molecule has 34 heavy (non-hydrogen) atoms. The van der Waals surface area contributed by atoms with Crippen molar-refractivity contribution in [3.8, 4) is 0 Å². The smallest absolute Gasteiger partial charge is 0.408 e. The first-order valence-electron chi connectivity index (χ1n) is 11.7. The highest BCUT2D eigenvalue weighted by molar-refractivity contribution is 5.89. The van der Waals surface area contributed by atoms with Crippen molar-refractivity contribution in [1.82, 2.24) is 10.6 Å². The number of hydrogen-bond acceptors (Lipinski definition) is 4. The van der Waals surface area contributed by atoms with Gasteiger partial charge in [0, 0.05) is 13.0 Å². The Hall–Kier alpha value is -3.41. The van der Waals surface area contributed by atoms with Crippen molar-refractivity contribution in [3.05, 3.63) is 83.9 Å². The topological polar surface area (TPSA) is 84.5 Å². The lowest BCUT2D eigenvalue weighted by atomic mass is 9.92. The van der Waals surface area contributed by atoms with Crippen molar-refractivity contribution in [3.63, 3.8) is 0 Å². The van der Waals surface area contributed by atoms with Crippen molar-refractivity contribution in [1.29, 1.82) is 0 Å². The van der Waals surface area contributed by atoms with Crippen LogP contribution in [0.4, 0.5) is 4.79 Å². The van der Waals surface area contributed by atoms with Crippen LogP contribution >= 0.6 is 0 Å². The van der Waals surface area contributed by atoms with E-state index in [1.165, 1.54) is 11.6 Å². The molecule has 0 spiro atoms. The summed E-state index contributed by atoms with van der Waals surface area (Å²) in [7, 11) is 0. The largest absolute Gasteiger partial charge is 0.444 e. The van der Waals surface area contributed by atoms with Crippen molar-refractivity contribution < 1.29 is 19.1 Å². The average molecular weight is 465 g/mol. The summed E-state index contributed by atoms with van der Waals surface area (Å²) in [6.45, 7) is 7.40. The number of carbonyl (C=O) groups excluding carboxylic acids is 3. The van der Waals surface area contributed by atoms with Crippen LogP contribution in [-0.4, -0.2) is 29.4 Å². The molecule has 2 atom stereocenters. The predicted octanol–water partition coefficient (Wildman–Crippen LogP) is 4.98. The fourth-order valence-corrected chi connectivity index (χ4v) is 3.33. The summed E-state index contributed by atoms with van der Waals surface area (Å²) >= 11 is 0. The van der Waals surface area contributed by atoms with Crippen LogP contribution in [0.15, 0.2) is 72.8 Å². The second kappa shape index (κ2) is 13.3. The summed E-state index contributed by atoms with van der Waals surface area (Å²) < 4.78 is 5.24. The number of nitrogens with one attached hydrogen (secondary N) is 2. The molecule has 0 aliphatic carbocycles. The average Bonchev–Trinajstić information content (AvgIpc) is 2.79. The Labute approximate surface area is 202 Å². The minimum Gasteiger partial charge on any atom is -0.444 e. The molecule has 0 aliphatic rings. The molecule has 6 nitrogen and oxygen atoms in total. The Morgan fingerprint density at radius 2 is 1.53 bits per heavy atom. The third-order valence-electron chi connectivity index (χ3n) is 5.16. The summed E-state index contributed by atoms with van der Waals surface area (Å²) in [6.07, 6.45) is 4.37. The third kappa shape index (κ3) is 10.9. The van der Waals surface area contributed by atoms with Gasteiger partial charge < -0.3 is 15.4 Å². The maximum Gasteiger partial charge on any atom is 0.408 e. The fraction of sp³-hybridized carbons (Fsp3) is 0.393. The number of Topliss-reactive ketones (excluding diaryl/α,β-unsaturated/α-hetero) is 1. The highest BCUT2D eigenvalue weighted by Crippen LogP contribution is 2.17. The van der Waals surface area contributed by atoms with Crippen molar-refractivity contribution >= 4 is 17.8 Å². The van der Waals surface area contributed by atoms with E-state index in [0.717, 1.165) is 12.0 Å².